The monoisotopic (exact) mass is 544 g/mol. The molecule has 0 saturated heterocycles. The molecule has 0 saturated carbocycles. The van der Waals surface area contributed by atoms with Crippen LogP contribution in [0.1, 0.15) is 33.6 Å². The number of carbonyl (C=O) groups excluding carboxylic acids is 1. The zero-order chi connectivity index (χ0) is 27.2. The summed E-state index contributed by atoms with van der Waals surface area (Å²) in [7, 11) is 3.25. The summed E-state index contributed by atoms with van der Waals surface area (Å²) < 4.78 is 22.8. The summed E-state index contributed by atoms with van der Waals surface area (Å²) in [4.78, 5) is 19.9. The van der Waals surface area contributed by atoms with Gasteiger partial charge in [0.2, 0.25) is 0 Å². The molecule has 1 amide bonds. The summed E-state index contributed by atoms with van der Waals surface area (Å²) in [6.45, 7) is 1.11. The molecule has 200 valence electrons. The molecular weight excluding hydrogens is 516 g/mol. The second kappa shape index (κ2) is 12.1. The maximum absolute atomic E-state index is 13.7. The van der Waals surface area contributed by atoms with Crippen LogP contribution in [0.15, 0.2) is 79.0 Å². The molecule has 0 unspecified atom stereocenters. The Kier molecular flexibility index (Phi) is 8.18. The van der Waals surface area contributed by atoms with Crippen molar-refractivity contribution in [1.29, 1.82) is 0 Å². The molecule has 1 aromatic heterocycles. The van der Waals surface area contributed by atoms with Crippen molar-refractivity contribution in [3.8, 4) is 23.0 Å². The molecule has 4 aromatic rings. The van der Waals surface area contributed by atoms with E-state index in [1.807, 2.05) is 60.7 Å². The Labute approximate surface area is 232 Å². The predicted molar refractivity (Wildman–Crippen MR) is 150 cm³/mol. The van der Waals surface area contributed by atoms with Crippen LogP contribution in [0.4, 0.5) is 5.69 Å². The molecule has 1 aliphatic heterocycles. The van der Waals surface area contributed by atoms with E-state index in [4.69, 9.17) is 30.5 Å². The molecule has 2 heterocycles. The van der Waals surface area contributed by atoms with Crippen LogP contribution in [0.5, 0.6) is 23.0 Å². The molecule has 0 spiro atoms. The van der Waals surface area contributed by atoms with Crippen LogP contribution in [-0.4, -0.2) is 31.7 Å². The van der Waals surface area contributed by atoms with Crippen LogP contribution in [0.25, 0.3) is 0 Å². The summed E-state index contributed by atoms with van der Waals surface area (Å²) in [5.74, 6) is 2.08. The van der Waals surface area contributed by atoms with Gasteiger partial charge in [-0.25, -0.2) is 0 Å². The number of anilines is 1. The molecule has 7 nitrogen and oxygen atoms in total. The average molecular weight is 545 g/mol. The Hall–Kier alpha value is -4.23. The number of aryl methyl sites for hydroxylation is 1. The fraction of sp³-hybridized carbons (Fsp3) is 0.226. The van der Waals surface area contributed by atoms with Gasteiger partial charge in [0.25, 0.3) is 5.91 Å². The van der Waals surface area contributed by atoms with Crippen LogP contribution in [0, 0.1) is 0 Å². The third-order valence-corrected chi connectivity index (χ3v) is 6.96. The van der Waals surface area contributed by atoms with E-state index in [9.17, 15) is 4.79 Å². The van der Waals surface area contributed by atoms with Gasteiger partial charge in [-0.05, 0) is 72.5 Å². The topological polar surface area (TPSA) is 70.1 Å². The summed E-state index contributed by atoms with van der Waals surface area (Å²) in [5, 5.41) is 0.205. The number of fused-ring (bicyclic) bond motifs is 1. The number of hydrogen-bond donors (Lipinski definition) is 0. The number of methoxy groups -OCH3 is 2. The van der Waals surface area contributed by atoms with Crippen LogP contribution in [0.2, 0.25) is 5.02 Å². The highest BCUT2D eigenvalue weighted by atomic mass is 35.5. The van der Waals surface area contributed by atoms with E-state index in [2.05, 4.69) is 4.98 Å². The van der Waals surface area contributed by atoms with Gasteiger partial charge in [-0.3, -0.25) is 9.78 Å². The van der Waals surface area contributed by atoms with Crippen LogP contribution < -0.4 is 23.8 Å². The lowest BCUT2D eigenvalue weighted by atomic mass is 10.1. The van der Waals surface area contributed by atoms with Crippen LogP contribution in [0.3, 0.4) is 0 Å². The molecule has 0 atom stereocenters. The number of ether oxygens (including phenoxy) is 4. The van der Waals surface area contributed by atoms with E-state index < -0.39 is 0 Å². The van der Waals surface area contributed by atoms with Crippen molar-refractivity contribution in [2.45, 2.75) is 26.1 Å². The predicted octanol–water partition coefficient (Wildman–Crippen LogP) is 6.50. The van der Waals surface area contributed by atoms with Crippen molar-refractivity contribution in [2.24, 2.45) is 0 Å². The van der Waals surface area contributed by atoms with E-state index in [-0.39, 0.29) is 24.1 Å². The molecule has 5 rings (SSSR count). The Balaban J connectivity index is 1.43. The minimum Gasteiger partial charge on any atom is -0.497 e. The number of nitrogens with zero attached hydrogens (tertiary/aromatic N) is 2. The van der Waals surface area contributed by atoms with Gasteiger partial charge in [0, 0.05) is 12.7 Å². The fourth-order valence-corrected chi connectivity index (χ4v) is 4.75. The highest BCUT2D eigenvalue weighted by Crippen LogP contribution is 2.40. The van der Waals surface area contributed by atoms with Crippen LogP contribution >= 0.6 is 11.6 Å². The molecule has 0 fully saturated rings. The molecule has 0 N–H and O–H groups in total. The zero-order valence-electron chi connectivity index (χ0n) is 21.9. The number of pyridine rings is 1. The number of aromatic nitrogens is 1. The van der Waals surface area contributed by atoms with E-state index >= 15 is 0 Å². The minimum atomic E-state index is -0.204. The van der Waals surface area contributed by atoms with Crippen LogP contribution in [-0.2, 0) is 19.6 Å². The lowest BCUT2D eigenvalue weighted by Crippen LogP contribution is -2.36. The largest absolute Gasteiger partial charge is 0.497 e. The van der Waals surface area contributed by atoms with Gasteiger partial charge in [-0.1, -0.05) is 35.9 Å². The first-order chi connectivity index (χ1) is 19.1. The Bertz CT molecular complexity index is 1440. The van der Waals surface area contributed by atoms with Crippen molar-refractivity contribution in [2.75, 3.05) is 25.7 Å². The second-order valence-corrected chi connectivity index (χ2v) is 9.44. The quantitative estimate of drug-likeness (QED) is 0.239. The molecule has 39 heavy (non-hydrogen) atoms. The van der Waals surface area contributed by atoms with Crippen molar-refractivity contribution < 1.29 is 23.7 Å². The first-order valence-corrected chi connectivity index (χ1v) is 13.0. The maximum atomic E-state index is 13.7. The lowest BCUT2D eigenvalue weighted by Gasteiger charge is -2.29. The van der Waals surface area contributed by atoms with E-state index in [0.29, 0.717) is 23.6 Å². The summed E-state index contributed by atoms with van der Waals surface area (Å²) in [6, 6.07) is 22.3. The molecular formula is C31H29ClN2O5. The Morgan fingerprint density at radius 2 is 1.51 bits per heavy atom. The van der Waals surface area contributed by atoms with Gasteiger partial charge in [0.1, 0.15) is 24.7 Å². The van der Waals surface area contributed by atoms with Crippen molar-refractivity contribution in [3.63, 3.8) is 0 Å². The van der Waals surface area contributed by atoms with Crippen molar-refractivity contribution in [1.82, 2.24) is 4.98 Å². The highest BCUT2D eigenvalue weighted by Gasteiger charge is 2.28. The normalized spacial score (nSPS) is 12.4. The number of rotatable bonds is 9. The fourth-order valence-electron chi connectivity index (χ4n) is 4.46. The Morgan fingerprint density at radius 3 is 2.15 bits per heavy atom. The third-order valence-electron chi connectivity index (χ3n) is 6.58. The van der Waals surface area contributed by atoms with Gasteiger partial charge in [0.15, 0.2) is 11.5 Å². The molecule has 1 aliphatic rings. The number of amides is 1. The number of halogens is 1. The van der Waals surface area contributed by atoms with Gasteiger partial charge < -0.3 is 23.8 Å². The van der Waals surface area contributed by atoms with Crippen molar-refractivity contribution >= 4 is 23.2 Å². The lowest BCUT2D eigenvalue weighted by molar-refractivity contribution is 0.0984. The molecule has 0 radical (unpaired) electrons. The Morgan fingerprint density at radius 1 is 0.872 bits per heavy atom. The average Bonchev–Trinajstić information content (AvgIpc) is 2.99. The SMILES string of the molecule is COc1ccc(COc2ccc(C(=O)N3CCCc4ncccc43)c(Cl)c2OCc2ccc(OC)cc2)cc1. The van der Waals surface area contributed by atoms with Gasteiger partial charge >= 0.3 is 0 Å². The zero-order valence-corrected chi connectivity index (χ0v) is 22.6. The number of benzene rings is 3. The summed E-state index contributed by atoms with van der Waals surface area (Å²) >= 11 is 6.89. The van der Waals surface area contributed by atoms with Gasteiger partial charge in [-0.2, -0.15) is 0 Å². The van der Waals surface area contributed by atoms with E-state index in [0.717, 1.165) is 46.8 Å². The second-order valence-electron chi connectivity index (χ2n) is 9.06. The molecule has 8 heteroatoms. The highest BCUT2D eigenvalue weighted by molar-refractivity contribution is 6.36. The van der Waals surface area contributed by atoms with E-state index in [1.165, 1.54) is 0 Å². The maximum Gasteiger partial charge on any atom is 0.259 e. The smallest absolute Gasteiger partial charge is 0.259 e. The van der Waals surface area contributed by atoms with E-state index in [1.54, 1.807) is 37.4 Å². The van der Waals surface area contributed by atoms with Gasteiger partial charge in [-0.15, -0.1) is 0 Å². The summed E-state index contributed by atoms with van der Waals surface area (Å²) in [5.41, 5.74) is 3.93. The first-order valence-electron chi connectivity index (χ1n) is 12.7. The standard InChI is InChI=1S/C31H29ClN2O5/c1-36-23-11-7-21(8-12-23)19-38-28-16-15-25(31(35)34-18-4-5-26-27(34)6-3-17-33-26)29(32)30(28)39-20-22-9-13-24(37-2)14-10-22/h3,6-17H,4-5,18-20H2,1-2H3. The third kappa shape index (κ3) is 5.94. The minimum absolute atomic E-state index is 0.204. The molecule has 0 aliphatic carbocycles. The molecule has 3 aromatic carbocycles. The number of hydrogen-bond acceptors (Lipinski definition) is 6. The molecule has 0 bridgehead atoms. The first kappa shape index (κ1) is 26.4. The van der Waals surface area contributed by atoms with Crippen molar-refractivity contribution in [3.05, 3.63) is 106 Å². The van der Waals surface area contributed by atoms with Gasteiger partial charge in [0.05, 0.1) is 36.2 Å². The summed E-state index contributed by atoms with van der Waals surface area (Å²) in [6.07, 6.45) is 3.42. The number of carbonyl (C=O) groups is 1.